The fourth-order valence-electron chi connectivity index (χ4n) is 4.01. The van der Waals surface area contributed by atoms with E-state index in [-0.39, 0.29) is 5.97 Å². The van der Waals surface area contributed by atoms with Crippen LogP contribution >= 0.6 is 0 Å². The van der Waals surface area contributed by atoms with Crippen molar-refractivity contribution in [2.24, 2.45) is 0 Å². The summed E-state index contributed by atoms with van der Waals surface area (Å²) in [7, 11) is 0. The first-order valence-corrected chi connectivity index (χ1v) is 17.7. The van der Waals surface area contributed by atoms with E-state index in [4.69, 9.17) is 47.4 Å². The summed E-state index contributed by atoms with van der Waals surface area (Å²) in [6.07, 6.45) is 13.7. The van der Waals surface area contributed by atoms with Crippen LogP contribution in [0.2, 0.25) is 0 Å². The van der Waals surface area contributed by atoms with Crippen LogP contribution in [0.5, 0.6) is 0 Å². The Hall–Kier alpha value is -0.890. The molecule has 0 amide bonds. The van der Waals surface area contributed by atoms with E-state index in [9.17, 15) is 4.79 Å². The molecule has 11 nitrogen and oxygen atoms in total. The maximum atomic E-state index is 11.7. The van der Waals surface area contributed by atoms with Crippen molar-refractivity contribution >= 4 is 5.97 Å². The molecule has 0 aromatic rings. The zero-order valence-electron chi connectivity index (χ0n) is 28.9. The molecule has 0 atom stereocenters. The van der Waals surface area contributed by atoms with Gasteiger partial charge >= 0.3 is 5.97 Å². The molecule has 0 aliphatic rings. The maximum absolute atomic E-state index is 11.7. The van der Waals surface area contributed by atoms with Gasteiger partial charge in [0.05, 0.1) is 112 Å². The summed E-state index contributed by atoms with van der Waals surface area (Å²) in [6.45, 7) is 14.4. The highest BCUT2D eigenvalue weighted by atomic mass is 16.6. The fourth-order valence-corrected chi connectivity index (χ4v) is 4.01. The van der Waals surface area contributed by atoms with E-state index in [0.717, 1.165) is 25.9 Å². The Morgan fingerprint density at radius 1 is 0.311 bits per heavy atom. The summed E-state index contributed by atoms with van der Waals surface area (Å²) < 4.78 is 54.5. The van der Waals surface area contributed by atoms with Gasteiger partial charge in [0.15, 0.2) is 0 Å². The summed E-state index contributed by atoms with van der Waals surface area (Å²) in [5, 5.41) is 0. The Labute approximate surface area is 274 Å². The average molecular weight is 653 g/mol. The van der Waals surface area contributed by atoms with Crippen LogP contribution in [-0.4, -0.2) is 132 Å². The summed E-state index contributed by atoms with van der Waals surface area (Å²) in [6, 6.07) is 0. The number of esters is 1. The van der Waals surface area contributed by atoms with Crippen molar-refractivity contribution in [1.82, 2.24) is 0 Å². The molecule has 0 bridgehead atoms. The van der Waals surface area contributed by atoms with Crippen LogP contribution in [0.3, 0.4) is 0 Å². The van der Waals surface area contributed by atoms with Crippen LogP contribution in [0.4, 0.5) is 0 Å². The number of rotatable bonds is 40. The molecule has 0 aromatic heterocycles. The van der Waals surface area contributed by atoms with Gasteiger partial charge in [0.1, 0.15) is 6.61 Å². The highest BCUT2D eigenvalue weighted by molar-refractivity contribution is 5.69. The Balaban J connectivity index is 3.09. The van der Waals surface area contributed by atoms with Crippen molar-refractivity contribution < 1.29 is 52.2 Å². The summed E-state index contributed by atoms with van der Waals surface area (Å²) in [5.41, 5.74) is 0. The number of carbonyl (C=O) groups is 1. The molecule has 45 heavy (non-hydrogen) atoms. The summed E-state index contributed by atoms with van der Waals surface area (Å²) in [5.74, 6) is -0.139. The van der Waals surface area contributed by atoms with Crippen molar-refractivity contribution in [3.05, 3.63) is 0 Å². The van der Waals surface area contributed by atoms with Gasteiger partial charge in [-0.3, -0.25) is 4.79 Å². The number of hydrogen-bond donors (Lipinski definition) is 0. The molecular formula is C34H68O11. The standard InChI is InChI=1S/C34H68O11/c1-3-5-7-9-10-12-14-34(35)45-33-32-44-31-30-43-29-28-42-27-26-41-25-24-40-23-22-39-21-20-38-19-18-37-17-16-36-15-13-11-8-6-4-2/h3-33H2,1-2H3. The highest BCUT2D eigenvalue weighted by Gasteiger charge is 2.02. The Bertz CT molecular complexity index is 554. The molecule has 0 N–H and O–H groups in total. The smallest absolute Gasteiger partial charge is 0.305 e. The predicted octanol–water partition coefficient (Wildman–Crippen LogP) is 5.40. The topological polar surface area (TPSA) is 109 Å². The molecular weight excluding hydrogens is 584 g/mol. The van der Waals surface area contributed by atoms with E-state index in [2.05, 4.69) is 13.8 Å². The van der Waals surface area contributed by atoms with Crippen molar-refractivity contribution in [3.8, 4) is 0 Å². The van der Waals surface area contributed by atoms with Crippen molar-refractivity contribution in [2.45, 2.75) is 90.9 Å². The van der Waals surface area contributed by atoms with E-state index in [1.54, 1.807) is 0 Å². The molecule has 0 saturated carbocycles. The van der Waals surface area contributed by atoms with Gasteiger partial charge in [0.2, 0.25) is 0 Å². The van der Waals surface area contributed by atoms with E-state index in [0.29, 0.717) is 125 Å². The molecule has 11 heteroatoms. The largest absolute Gasteiger partial charge is 0.463 e. The second-order valence-electron chi connectivity index (χ2n) is 10.7. The van der Waals surface area contributed by atoms with E-state index >= 15 is 0 Å². The van der Waals surface area contributed by atoms with Gasteiger partial charge in [0.25, 0.3) is 0 Å². The third-order valence-electron chi connectivity index (χ3n) is 6.59. The Kier molecular flexibility index (Phi) is 40.3. The lowest BCUT2D eigenvalue weighted by atomic mass is 10.1. The van der Waals surface area contributed by atoms with E-state index in [1.165, 1.54) is 51.4 Å². The quantitative estimate of drug-likeness (QED) is 0.0627. The molecule has 0 radical (unpaired) electrons. The van der Waals surface area contributed by atoms with Crippen LogP contribution in [0.1, 0.15) is 90.9 Å². The number of hydrogen-bond acceptors (Lipinski definition) is 11. The van der Waals surface area contributed by atoms with Crippen molar-refractivity contribution in [1.29, 1.82) is 0 Å². The SMILES string of the molecule is CCCCCCCCC(=O)OCCOCCOCCOCCOCCOCCOCCOCCOCCOCCCCCCC. The van der Waals surface area contributed by atoms with E-state index in [1.807, 2.05) is 0 Å². The zero-order valence-corrected chi connectivity index (χ0v) is 28.9. The predicted molar refractivity (Wildman–Crippen MR) is 175 cm³/mol. The van der Waals surface area contributed by atoms with Crippen LogP contribution in [0, 0.1) is 0 Å². The second-order valence-corrected chi connectivity index (χ2v) is 10.7. The van der Waals surface area contributed by atoms with Gasteiger partial charge in [-0.05, 0) is 12.8 Å². The highest BCUT2D eigenvalue weighted by Crippen LogP contribution is 2.07. The van der Waals surface area contributed by atoms with Crippen LogP contribution < -0.4 is 0 Å². The van der Waals surface area contributed by atoms with Crippen LogP contribution in [0.25, 0.3) is 0 Å². The minimum absolute atomic E-state index is 0.139. The zero-order chi connectivity index (χ0) is 32.6. The average Bonchev–Trinajstić information content (AvgIpc) is 3.05. The van der Waals surface area contributed by atoms with E-state index < -0.39 is 0 Å². The molecule has 0 saturated heterocycles. The lowest BCUT2D eigenvalue weighted by Crippen LogP contribution is -2.15. The minimum atomic E-state index is -0.139. The van der Waals surface area contributed by atoms with Crippen molar-refractivity contribution in [3.63, 3.8) is 0 Å². The van der Waals surface area contributed by atoms with Gasteiger partial charge in [-0.1, -0.05) is 71.6 Å². The monoisotopic (exact) mass is 652 g/mol. The second kappa shape index (κ2) is 41.1. The van der Waals surface area contributed by atoms with Gasteiger partial charge in [-0.25, -0.2) is 0 Å². The summed E-state index contributed by atoms with van der Waals surface area (Å²) >= 11 is 0. The molecule has 0 aliphatic heterocycles. The van der Waals surface area contributed by atoms with Crippen molar-refractivity contribution in [2.75, 3.05) is 126 Å². The fraction of sp³-hybridized carbons (Fsp3) is 0.971. The third-order valence-corrected chi connectivity index (χ3v) is 6.59. The van der Waals surface area contributed by atoms with Gasteiger partial charge in [0, 0.05) is 13.0 Å². The van der Waals surface area contributed by atoms with Gasteiger partial charge in [-0.2, -0.15) is 0 Å². The first kappa shape index (κ1) is 44.1. The van der Waals surface area contributed by atoms with Gasteiger partial charge < -0.3 is 47.4 Å². The lowest BCUT2D eigenvalue weighted by molar-refractivity contribution is -0.145. The molecule has 0 unspecified atom stereocenters. The normalized spacial score (nSPS) is 11.4. The maximum Gasteiger partial charge on any atom is 0.305 e. The van der Waals surface area contributed by atoms with Gasteiger partial charge in [-0.15, -0.1) is 0 Å². The first-order valence-electron chi connectivity index (χ1n) is 17.7. The molecule has 0 fully saturated rings. The first-order chi connectivity index (χ1) is 22.3. The molecule has 0 heterocycles. The molecule has 0 rings (SSSR count). The molecule has 270 valence electrons. The Morgan fingerprint density at radius 2 is 0.578 bits per heavy atom. The Morgan fingerprint density at radius 3 is 0.933 bits per heavy atom. The molecule has 0 aliphatic carbocycles. The van der Waals surface area contributed by atoms with Crippen LogP contribution in [0.15, 0.2) is 0 Å². The third kappa shape index (κ3) is 41.1. The lowest BCUT2D eigenvalue weighted by Gasteiger charge is -2.09. The molecule has 0 aromatic carbocycles. The molecule has 0 spiro atoms. The number of unbranched alkanes of at least 4 members (excludes halogenated alkanes) is 9. The number of ether oxygens (including phenoxy) is 10. The summed E-state index contributed by atoms with van der Waals surface area (Å²) in [4.78, 5) is 11.7. The minimum Gasteiger partial charge on any atom is -0.463 e. The number of carbonyl (C=O) groups excluding carboxylic acids is 1. The van der Waals surface area contributed by atoms with Crippen LogP contribution in [-0.2, 0) is 52.2 Å².